The number of aliphatic imine (C=N–C) groups is 1. The number of hydrogen-bond donors (Lipinski definition) is 3. The van der Waals surface area contributed by atoms with Crippen LogP contribution < -0.4 is 10.6 Å². The van der Waals surface area contributed by atoms with E-state index in [0.717, 1.165) is 18.9 Å². The number of halogens is 3. The molecule has 1 aromatic rings. The molecule has 0 aromatic heterocycles. The van der Waals surface area contributed by atoms with Crippen LogP contribution in [0.1, 0.15) is 58.6 Å². The summed E-state index contributed by atoms with van der Waals surface area (Å²) in [5, 5.41) is 15.7. The molecule has 0 saturated carbocycles. The summed E-state index contributed by atoms with van der Waals surface area (Å²) in [5.41, 5.74) is 0.348. The lowest BCUT2D eigenvalue weighted by atomic mass is 9.79. The molecule has 3 N–H and O–H groups in total. The highest BCUT2D eigenvalue weighted by atomic mass is 127. The molecule has 0 fully saturated rings. The number of rotatable bonds is 9. The van der Waals surface area contributed by atoms with Crippen LogP contribution in [0, 0.1) is 17.0 Å². The van der Waals surface area contributed by atoms with Crippen LogP contribution in [0.2, 0.25) is 0 Å². The SMILES string of the molecule is CCNC(=NCC(CC)(CC)CCO)NC(C)c1ccc(F)cc1F.I. The highest BCUT2D eigenvalue weighted by Crippen LogP contribution is 2.30. The van der Waals surface area contributed by atoms with E-state index in [-0.39, 0.29) is 42.0 Å². The molecule has 1 rings (SSSR count). The van der Waals surface area contributed by atoms with Gasteiger partial charge in [-0.3, -0.25) is 4.99 Å². The van der Waals surface area contributed by atoms with Crippen LogP contribution in [0.25, 0.3) is 0 Å². The fraction of sp³-hybridized carbons (Fsp3) is 0.632. The minimum Gasteiger partial charge on any atom is -0.396 e. The third-order valence-corrected chi connectivity index (χ3v) is 4.84. The van der Waals surface area contributed by atoms with Gasteiger partial charge >= 0.3 is 0 Å². The van der Waals surface area contributed by atoms with Gasteiger partial charge in [0.25, 0.3) is 0 Å². The first-order valence-electron chi connectivity index (χ1n) is 9.02. The van der Waals surface area contributed by atoms with E-state index in [2.05, 4.69) is 29.5 Å². The fourth-order valence-corrected chi connectivity index (χ4v) is 2.85. The van der Waals surface area contributed by atoms with Crippen LogP contribution >= 0.6 is 24.0 Å². The molecule has 1 aromatic carbocycles. The summed E-state index contributed by atoms with van der Waals surface area (Å²) in [7, 11) is 0. The van der Waals surface area contributed by atoms with E-state index >= 15 is 0 Å². The molecule has 150 valence electrons. The molecular formula is C19H32F2IN3O. The van der Waals surface area contributed by atoms with Gasteiger partial charge in [0.2, 0.25) is 0 Å². The van der Waals surface area contributed by atoms with E-state index in [4.69, 9.17) is 0 Å². The van der Waals surface area contributed by atoms with Gasteiger partial charge in [0.05, 0.1) is 6.04 Å². The topological polar surface area (TPSA) is 56.7 Å². The Hall–Kier alpha value is -0.960. The molecule has 0 bridgehead atoms. The highest BCUT2D eigenvalue weighted by Gasteiger charge is 2.25. The normalized spacial score (nSPS) is 13.1. The number of hydrogen-bond acceptors (Lipinski definition) is 2. The Kier molecular flexibility index (Phi) is 12.0. The van der Waals surface area contributed by atoms with E-state index < -0.39 is 11.6 Å². The molecule has 1 atom stereocenters. The van der Waals surface area contributed by atoms with Crippen molar-refractivity contribution in [2.24, 2.45) is 10.4 Å². The van der Waals surface area contributed by atoms with E-state index in [1.165, 1.54) is 12.1 Å². The van der Waals surface area contributed by atoms with Gasteiger partial charge in [0.1, 0.15) is 11.6 Å². The lowest BCUT2D eigenvalue weighted by molar-refractivity contribution is 0.175. The van der Waals surface area contributed by atoms with Crippen LogP contribution in [0.5, 0.6) is 0 Å². The maximum absolute atomic E-state index is 14.0. The molecule has 0 aliphatic rings. The zero-order chi connectivity index (χ0) is 18.9. The zero-order valence-corrected chi connectivity index (χ0v) is 18.4. The average Bonchev–Trinajstić information content (AvgIpc) is 2.58. The molecule has 0 aliphatic carbocycles. The number of aliphatic hydroxyl groups excluding tert-OH is 1. The maximum Gasteiger partial charge on any atom is 0.191 e. The third-order valence-electron chi connectivity index (χ3n) is 4.84. The Morgan fingerprint density at radius 3 is 2.38 bits per heavy atom. The molecule has 7 heteroatoms. The van der Waals surface area contributed by atoms with Gasteiger partial charge in [-0.05, 0) is 44.6 Å². The maximum atomic E-state index is 14.0. The van der Waals surface area contributed by atoms with Crippen LogP contribution in [0.4, 0.5) is 8.78 Å². The van der Waals surface area contributed by atoms with Gasteiger partial charge in [-0.15, -0.1) is 24.0 Å². The molecule has 26 heavy (non-hydrogen) atoms. The second-order valence-electron chi connectivity index (χ2n) is 6.41. The van der Waals surface area contributed by atoms with Crippen LogP contribution in [-0.2, 0) is 0 Å². The molecule has 0 saturated heterocycles. The van der Waals surface area contributed by atoms with Crippen LogP contribution in [0.15, 0.2) is 23.2 Å². The van der Waals surface area contributed by atoms with Crippen molar-refractivity contribution in [1.82, 2.24) is 10.6 Å². The Morgan fingerprint density at radius 1 is 1.23 bits per heavy atom. The standard InChI is InChI=1S/C19H31F2N3O.HI/c1-5-19(6-2,10-11-25)13-23-18(22-7-3)24-14(4)16-9-8-15(20)12-17(16)21;/h8-9,12,14,25H,5-7,10-11,13H2,1-4H3,(H2,22,23,24);1H. The predicted octanol–water partition coefficient (Wildman–Crippen LogP) is 4.39. The first-order valence-corrected chi connectivity index (χ1v) is 9.02. The fourth-order valence-electron chi connectivity index (χ4n) is 2.85. The molecule has 0 radical (unpaired) electrons. The van der Waals surface area contributed by atoms with E-state index in [1.807, 2.05) is 13.8 Å². The molecule has 0 heterocycles. The summed E-state index contributed by atoms with van der Waals surface area (Å²) < 4.78 is 27.0. The molecule has 1 unspecified atom stereocenters. The third kappa shape index (κ3) is 7.34. The molecule has 0 amide bonds. The highest BCUT2D eigenvalue weighted by molar-refractivity contribution is 14.0. The first-order chi connectivity index (χ1) is 11.9. The van der Waals surface area contributed by atoms with E-state index in [0.29, 0.717) is 31.0 Å². The quantitative estimate of drug-likeness (QED) is 0.278. The Balaban J connectivity index is 0.00000625. The van der Waals surface area contributed by atoms with Gasteiger partial charge in [-0.2, -0.15) is 0 Å². The second-order valence-corrected chi connectivity index (χ2v) is 6.41. The minimum absolute atomic E-state index is 0. The molecule has 0 aliphatic heterocycles. The van der Waals surface area contributed by atoms with Crippen molar-refractivity contribution in [3.8, 4) is 0 Å². The lowest BCUT2D eigenvalue weighted by Gasteiger charge is -2.30. The monoisotopic (exact) mass is 483 g/mol. The molecule has 4 nitrogen and oxygen atoms in total. The van der Waals surface area contributed by atoms with Gasteiger partial charge in [-0.25, -0.2) is 8.78 Å². The van der Waals surface area contributed by atoms with E-state index in [9.17, 15) is 13.9 Å². The summed E-state index contributed by atoms with van der Waals surface area (Å²) >= 11 is 0. The van der Waals surface area contributed by atoms with Gasteiger partial charge in [0.15, 0.2) is 5.96 Å². The smallest absolute Gasteiger partial charge is 0.191 e. The van der Waals surface area contributed by atoms with Crippen LogP contribution in [0.3, 0.4) is 0 Å². The van der Waals surface area contributed by atoms with Crippen molar-refractivity contribution in [3.05, 3.63) is 35.4 Å². The Bertz CT molecular complexity index is 566. The van der Waals surface area contributed by atoms with Crippen LogP contribution in [-0.4, -0.2) is 30.8 Å². The molecular weight excluding hydrogens is 451 g/mol. The number of nitrogens with zero attached hydrogens (tertiary/aromatic N) is 1. The summed E-state index contributed by atoms with van der Waals surface area (Å²) in [6.07, 6.45) is 2.55. The van der Waals surface area contributed by atoms with Gasteiger partial charge in [0, 0.05) is 31.3 Å². The lowest BCUT2D eigenvalue weighted by Crippen LogP contribution is -2.40. The Morgan fingerprint density at radius 2 is 1.88 bits per heavy atom. The van der Waals surface area contributed by atoms with Crippen molar-refractivity contribution in [3.63, 3.8) is 0 Å². The largest absolute Gasteiger partial charge is 0.396 e. The minimum atomic E-state index is -0.589. The molecule has 0 spiro atoms. The number of benzene rings is 1. The second kappa shape index (κ2) is 12.4. The van der Waals surface area contributed by atoms with E-state index in [1.54, 1.807) is 0 Å². The predicted molar refractivity (Wildman–Crippen MR) is 114 cm³/mol. The number of aliphatic hydroxyl groups is 1. The van der Waals surface area contributed by atoms with Crippen molar-refractivity contribution in [1.29, 1.82) is 0 Å². The van der Waals surface area contributed by atoms with Crippen molar-refractivity contribution in [2.75, 3.05) is 19.7 Å². The first kappa shape index (κ1) is 25.0. The van der Waals surface area contributed by atoms with Crippen molar-refractivity contribution in [2.45, 2.75) is 53.0 Å². The summed E-state index contributed by atoms with van der Waals surface area (Å²) in [6.45, 7) is 9.37. The zero-order valence-electron chi connectivity index (χ0n) is 16.1. The summed E-state index contributed by atoms with van der Waals surface area (Å²) in [6, 6.07) is 3.23. The number of guanidine groups is 1. The summed E-state index contributed by atoms with van der Waals surface area (Å²) in [5.74, 6) is -0.579. The Labute approximate surface area is 172 Å². The number of nitrogens with one attached hydrogen (secondary N) is 2. The van der Waals surface area contributed by atoms with Gasteiger partial charge in [-0.1, -0.05) is 19.9 Å². The average molecular weight is 483 g/mol. The van der Waals surface area contributed by atoms with Crippen molar-refractivity contribution < 1.29 is 13.9 Å². The van der Waals surface area contributed by atoms with Crippen molar-refractivity contribution >= 4 is 29.9 Å². The van der Waals surface area contributed by atoms with Gasteiger partial charge < -0.3 is 15.7 Å². The summed E-state index contributed by atoms with van der Waals surface area (Å²) in [4.78, 5) is 4.65.